The highest BCUT2D eigenvalue weighted by atomic mass is 16.7. The number of carbonyl (C=O) groups is 2. The van der Waals surface area contributed by atoms with E-state index < -0.39 is 18.4 Å². The first-order valence-electron chi connectivity index (χ1n) is 8.22. The van der Waals surface area contributed by atoms with Crippen molar-refractivity contribution < 1.29 is 28.9 Å². The molecule has 2 heterocycles. The molecule has 4 bridgehead atoms. The predicted molar refractivity (Wildman–Crippen MR) is 75.5 cm³/mol. The van der Waals surface area contributed by atoms with Gasteiger partial charge in [0.25, 0.3) is 0 Å². The monoisotopic (exact) mass is 312 g/mol. The van der Waals surface area contributed by atoms with E-state index in [4.69, 9.17) is 14.2 Å². The van der Waals surface area contributed by atoms with Gasteiger partial charge in [-0.15, -0.1) is 0 Å². The first kappa shape index (κ1) is 15.7. The van der Waals surface area contributed by atoms with Gasteiger partial charge >= 0.3 is 11.9 Å². The summed E-state index contributed by atoms with van der Waals surface area (Å²) in [5, 5.41) is 9.25. The van der Waals surface area contributed by atoms with Gasteiger partial charge in [0.05, 0.1) is 5.92 Å². The van der Waals surface area contributed by atoms with E-state index >= 15 is 0 Å². The molecule has 4 aliphatic rings. The molecule has 0 amide bonds. The van der Waals surface area contributed by atoms with E-state index in [0.29, 0.717) is 12.3 Å². The van der Waals surface area contributed by atoms with Crippen LogP contribution in [0.1, 0.15) is 46.0 Å². The first-order chi connectivity index (χ1) is 10.5. The van der Waals surface area contributed by atoms with Crippen molar-refractivity contribution in [1.82, 2.24) is 0 Å². The molecule has 0 radical (unpaired) electrons. The SMILES string of the molecule is CCC(OC(=O)C(C)O)OC1C2CC3CC(C2)C(=O)OC1C3. The molecule has 6 nitrogen and oxygen atoms in total. The van der Waals surface area contributed by atoms with Crippen molar-refractivity contribution in [2.75, 3.05) is 0 Å². The fourth-order valence-corrected chi connectivity index (χ4v) is 4.07. The maximum Gasteiger partial charge on any atom is 0.336 e. The molecule has 2 saturated heterocycles. The number of aliphatic hydroxyl groups is 1. The first-order valence-corrected chi connectivity index (χ1v) is 8.22. The van der Waals surface area contributed by atoms with Gasteiger partial charge in [-0.3, -0.25) is 4.79 Å². The molecule has 4 fully saturated rings. The number of fused-ring (bicyclic) bond motifs is 1. The third-order valence-electron chi connectivity index (χ3n) is 5.07. The Morgan fingerprint density at radius 2 is 2.14 bits per heavy atom. The Morgan fingerprint density at radius 3 is 2.82 bits per heavy atom. The summed E-state index contributed by atoms with van der Waals surface area (Å²) in [6, 6.07) is 0. The number of ether oxygens (including phenoxy) is 3. The molecule has 2 aliphatic carbocycles. The predicted octanol–water partition coefficient (Wildman–Crippen LogP) is 1.39. The van der Waals surface area contributed by atoms with Gasteiger partial charge in [0.2, 0.25) is 6.29 Å². The van der Waals surface area contributed by atoms with Crippen LogP contribution in [0.2, 0.25) is 0 Å². The number of aliphatic hydroxyl groups excluding tert-OH is 1. The summed E-state index contributed by atoms with van der Waals surface area (Å²) in [6.45, 7) is 3.22. The lowest BCUT2D eigenvalue weighted by atomic mass is 9.67. The summed E-state index contributed by atoms with van der Waals surface area (Å²) in [4.78, 5) is 23.6. The molecular formula is C16H24O6. The lowest BCUT2D eigenvalue weighted by Crippen LogP contribution is -2.46. The molecule has 4 rings (SSSR count). The largest absolute Gasteiger partial charge is 0.459 e. The Bertz CT molecular complexity index is 448. The lowest BCUT2D eigenvalue weighted by molar-refractivity contribution is -0.224. The lowest BCUT2D eigenvalue weighted by Gasteiger charge is -2.42. The molecule has 0 aromatic rings. The number of rotatable bonds is 5. The van der Waals surface area contributed by atoms with E-state index in [-0.39, 0.29) is 30.0 Å². The maximum absolute atomic E-state index is 12.0. The van der Waals surface area contributed by atoms with E-state index in [0.717, 1.165) is 25.7 Å². The number of hydrogen-bond donors (Lipinski definition) is 1. The minimum atomic E-state index is -1.17. The zero-order chi connectivity index (χ0) is 15.9. The van der Waals surface area contributed by atoms with Crippen LogP contribution < -0.4 is 0 Å². The zero-order valence-corrected chi connectivity index (χ0v) is 13.1. The summed E-state index contributed by atoms with van der Waals surface area (Å²) < 4.78 is 16.8. The van der Waals surface area contributed by atoms with E-state index in [1.807, 2.05) is 6.92 Å². The third-order valence-corrected chi connectivity index (χ3v) is 5.07. The smallest absolute Gasteiger partial charge is 0.336 e. The van der Waals surface area contributed by atoms with Crippen LogP contribution in [-0.2, 0) is 23.8 Å². The Kier molecular flexibility index (Phi) is 4.41. The highest BCUT2D eigenvalue weighted by Gasteiger charge is 2.51. The summed E-state index contributed by atoms with van der Waals surface area (Å²) in [6.07, 6.45) is 1.80. The standard InChI is InChI=1S/C16H24O6/c1-3-13(22-15(18)8(2)17)21-14-10-4-9-5-11(7-10)16(19)20-12(14)6-9/h8-14,17H,3-7H2,1-2H3. The summed E-state index contributed by atoms with van der Waals surface area (Å²) in [5.74, 6) is 0.0404. The highest BCUT2D eigenvalue weighted by molar-refractivity contribution is 5.74. The van der Waals surface area contributed by atoms with Gasteiger partial charge in [-0.2, -0.15) is 0 Å². The average molecular weight is 312 g/mol. The molecule has 0 spiro atoms. The van der Waals surface area contributed by atoms with E-state index in [1.54, 1.807) is 0 Å². The number of hydrogen-bond acceptors (Lipinski definition) is 6. The second kappa shape index (κ2) is 6.16. The normalized spacial score (nSPS) is 39.0. The van der Waals surface area contributed by atoms with Gasteiger partial charge < -0.3 is 19.3 Å². The molecule has 0 aromatic carbocycles. The van der Waals surface area contributed by atoms with Crippen LogP contribution >= 0.6 is 0 Å². The summed E-state index contributed by atoms with van der Waals surface area (Å²) in [5.41, 5.74) is 0. The molecule has 0 aromatic heterocycles. The van der Waals surface area contributed by atoms with Crippen LogP contribution in [-0.4, -0.2) is 41.6 Å². The quantitative estimate of drug-likeness (QED) is 0.610. The van der Waals surface area contributed by atoms with Crippen LogP contribution in [0.5, 0.6) is 0 Å². The van der Waals surface area contributed by atoms with Crippen LogP contribution in [0, 0.1) is 17.8 Å². The fourth-order valence-electron chi connectivity index (χ4n) is 4.07. The molecule has 1 N–H and O–H groups in total. The minimum absolute atomic E-state index is 0.00226. The second-order valence-corrected chi connectivity index (χ2v) is 6.79. The van der Waals surface area contributed by atoms with E-state index in [9.17, 15) is 14.7 Å². The highest BCUT2D eigenvalue weighted by Crippen LogP contribution is 2.48. The minimum Gasteiger partial charge on any atom is -0.459 e. The number of esters is 2. The zero-order valence-electron chi connectivity index (χ0n) is 13.1. The van der Waals surface area contributed by atoms with Gasteiger partial charge in [-0.25, -0.2) is 4.79 Å². The third kappa shape index (κ3) is 2.99. The van der Waals surface area contributed by atoms with Crippen molar-refractivity contribution in [3.05, 3.63) is 0 Å². The van der Waals surface area contributed by atoms with Crippen LogP contribution in [0.3, 0.4) is 0 Å². The molecule has 7 unspecified atom stereocenters. The molecule has 7 atom stereocenters. The van der Waals surface area contributed by atoms with Gasteiger partial charge in [-0.05, 0) is 44.4 Å². The van der Waals surface area contributed by atoms with Crippen LogP contribution in [0.25, 0.3) is 0 Å². The topological polar surface area (TPSA) is 82.1 Å². The molecule has 6 heteroatoms. The van der Waals surface area contributed by atoms with Crippen molar-refractivity contribution in [3.63, 3.8) is 0 Å². The van der Waals surface area contributed by atoms with Gasteiger partial charge in [0, 0.05) is 6.42 Å². The Labute approximate surface area is 130 Å². The van der Waals surface area contributed by atoms with Crippen molar-refractivity contribution in [3.8, 4) is 0 Å². The number of carbonyl (C=O) groups excluding carboxylic acids is 2. The average Bonchev–Trinajstić information content (AvgIpc) is 2.63. The van der Waals surface area contributed by atoms with Gasteiger partial charge in [0.15, 0.2) is 0 Å². The van der Waals surface area contributed by atoms with E-state index in [2.05, 4.69) is 0 Å². The summed E-state index contributed by atoms with van der Waals surface area (Å²) >= 11 is 0. The van der Waals surface area contributed by atoms with Gasteiger partial charge in [0.1, 0.15) is 18.3 Å². The Balaban J connectivity index is 1.69. The molecule has 2 aliphatic heterocycles. The van der Waals surface area contributed by atoms with Crippen molar-refractivity contribution >= 4 is 11.9 Å². The molecule has 2 saturated carbocycles. The van der Waals surface area contributed by atoms with Crippen LogP contribution in [0.15, 0.2) is 0 Å². The Morgan fingerprint density at radius 1 is 1.36 bits per heavy atom. The maximum atomic E-state index is 12.0. The van der Waals surface area contributed by atoms with Crippen molar-refractivity contribution in [1.29, 1.82) is 0 Å². The molecule has 124 valence electrons. The Hall–Kier alpha value is -1.14. The van der Waals surface area contributed by atoms with Crippen molar-refractivity contribution in [2.45, 2.75) is 70.6 Å². The molecular weight excluding hydrogens is 288 g/mol. The van der Waals surface area contributed by atoms with Crippen molar-refractivity contribution in [2.24, 2.45) is 17.8 Å². The van der Waals surface area contributed by atoms with E-state index in [1.165, 1.54) is 6.92 Å². The summed E-state index contributed by atoms with van der Waals surface area (Å²) in [7, 11) is 0. The second-order valence-electron chi connectivity index (χ2n) is 6.79. The van der Waals surface area contributed by atoms with Crippen LogP contribution in [0.4, 0.5) is 0 Å². The van der Waals surface area contributed by atoms with Gasteiger partial charge in [-0.1, -0.05) is 6.92 Å². The fraction of sp³-hybridized carbons (Fsp3) is 0.875. The molecule has 22 heavy (non-hydrogen) atoms.